The lowest BCUT2D eigenvalue weighted by Gasteiger charge is -2.32. The van der Waals surface area contributed by atoms with Gasteiger partial charge in [-0.1, -0.05) is 0 Å². The van der Waals surface area contributed by atoms with E-state index in [9.17, 15) is 23.7 Å². The van der Waals surface area contributed by atoms with Crippen LogP contribution < -0.4 is 0 Å². The smallest absolute Gasteiger partial charge is 0.187 e. The van der Waals surface area contributed by atoms with Crippen molar-refractivity contribution in [3.63, 3.8) is 0 Å². The molecule has 2 aliphatic rings. The number of sulfone groups is 1. The van der Waals surface area contributed by atoms with Crippen LogP contribution in [0.4, 0.5) is 0 Å². The first-order valence-corrected chi connectivity index (χ1v) is 5.56. The Hall–Kier alpha value is -0.210. The molecule has 0 amide bonds. The summed E-state index contributed by atoms with van der Waals surface area (Å²) in [6.45, 7) is 0. The highest BCUT2D eigenvalue weighted by Crippen LogP contribution is 2.32. The number of hydrogen-bond acceptors (Lipinski definition) is 6. The van der Waals surface area contributed by atoms with Gasteiger partial charge in [0.15, 0.2) is 15.3 Å². The predicted octanol–water partition coefficient (Wildman–Crippen LogP) is -2.78. The maximum absolute atomic E-state index is 11.2. The van der Waals surface area contributed by atoms with Crippen LogP contribution in [0.1, 0.15) is 0 Å². The van der Waals surface area contributed by atoms with Gasteiger partial charge in [-0.2, -0.15) is 0 Å². The Bertz CT molecular complexity index is 309. The van der Waals surface area contributed by atoms with Gasteiger partial charge in [0.25, 0.3) is 0 Å². The average molecular weight is 210 g/mol. The molecular formula is C6H10O6S. The van der Waals surface area contributed by atoms with Crippen LogP contribution >= 0.6 is 0 Å². The van der Waals surface area contributed by atoms with Gasteiger partial charge in [0.1, 0.15) is 24.4 Å². The van der Waals surface area contributed by atoms with Crippen LogP contribution in [0.25, 0.3) is 0 Å². The molecule has 2 heterocycles. The molecule has 0 radical (unpaired) electrons. The van der Waals surface area contributed by atoms with E-state index < -0.39 is 39.7 Å². The molecule has 6 nitrogen and oxygen atoms in total. The molecule has 0 aromatic rings. The standard InChI is InChI=1S/C6H10O6S/c7-3-2-1-13(10,11)6(12-2)5(9)4(3)8/h2-9H,1H2/t2-,3-,4+,5+,6+/m1/s1. The maximum Gasteiger partial charge on any atom is 0.187 e. The van der Waals surface area contributed by atoms with Crippen molar-refractivity contribution >= 4 is 9.84 Å². The summed E-state index contributed by atoms with van der Waals surface area (Å²) in [7, 11) is -3.53. The number of fused-ring (bicyclic) bond motifs is 2. The van der Waals surface area contributed by atoms with E-state index in [0.717, 1.165) is 0 Å². The van der Waals surface area contributed by atoms with Gasteiger partial charge in [-0.25, -0.2) is 8.42 Å². The van der Waals surface area contributed by atoms with Crippen molar-refractivity contribution in [1.82, 2.24) is 0 Å². The van der Waals surface area contributed by atoms with Crippen LogP contribution in [-0.2, 0) is 14.6 Å². The van der Waals surface area contributed by atoms with Crippen LogP contribution in [0.3, 0.4) is 0 Å². The van der Waals surface area contributed by atoms with Crippen molar-refractivity contribution in [2.75, 3.05) is 5.75 Å². The van der Waals surface area contributed by atoms with E-state index in [1.54, 1.807) is 0 Å². The summed E-state index contributed by atoms with van der Waals surface area (Å²) in [5, 5.41) is 27.7. The van der Waals surface area contributed by atoms with E-state index in [0.29, 0.717) is 0 Å². The number of rotatable bonds is 0. The first-order valence-electron chi connectivity index (χ1n) is 3.85. The molecular weight excluding hydrogens is 200 g/mol. The lowest BCUT2D eigenvalue weighted by Crippen LogP contribution is -2.54. The van der Waals surface area contributed by atoms with Gasteiger partial charge in [0, 0.05) is 0 Å². The summed E-state index contributed by atoms with van der Waals surface area (Å²) in [6.07, 6.45) is -5.24. The first-order chi connectivity index (χ1) is 5.93. The Labute approximate surface area is 74.7 Å². The molecule has 7 heteroatoms. The molecule has 2 bridgehead atoms. The molecule has 5 atom stereocenters. The van der Waals surface area contributed by atoms with Crippen molar-refractivity contribution in [3.05, 3.63) is 0 Å². The Balaban J connectivity index is 2.38. The summed E-state index contributed by atoms with van der Waals surface area (Å²) in [4.78, 5) is 0. The van der Waals surface area contributed by atoms with Crippen LogP contribution in [-0.4, -0.2) is 59.3 Å². The molecule has 0 unspecified atom stereocenters. The SMILES string of the molecule is O=S1(=O)C[C@H]2O[C@@H]1[C@@H](O)[C@@H](O)[C@@H]2O. The van der Waals surface area contributed by atoms with E-state index in [-0.39, 0.29) is 5.75 Å². The van der Waals surface area contributed by atoms with Gasteiger partial charge in [0.05, 0.1) is 5.75 Å². The molecule has 2 aliphatic heterocycles. The van der Waals surface area contributed by atoms with E-state index in [2.05, 4.69) is 0 Å². The summed E-state index contributed by atoms with van der Waals surface area (Å²) < 4.78 is 27.3. The summed E-state index contributed by atoms with van der Waals surface area (Å²) in [5.41, 5.74) is -1.38. The highest BCUT2D eigenvalue weighted by molar-refractivity contribution is 7.92. The van der Waals surface area contributed by atoms with Crippen LogP contribution in [0.2, 0.25) is 0 Å². The second kappa shape index (κ2) is 2.64. The van der Waals surface area contributed by atoms with E-state index in [1.165, 1.54) is 0 Å². The van der Waals surface area contributed by atoms with Crippen molar-refractivity contribution in [1.29, 1.82) is 0 Å². The molecule has 0 aliphatic carbocycles. The van der Waals surface area contributed by atoms with Crippen molar-refractivity contribution in [3.8, 4) is 0 Å². The number of hydrogen-bond donors (Lipinski definition) is 3. The Kier molecular flexibility index (Phi) is 1.90. The molecule has 13 heavy (non-hydrogen) atoms. The molecule has 0 spiro atoms. The second-order valence-electron chi connectivity index (χ2n) is 3.34. The minimum atomic E-state index is -3.53. The Morgan fingerprint density at radius 3 is 2.31 bits per heavy atom. The van der Waals surface area contributed by atoms with Crippen LogP contribution in [0.15, 0.2) is 0 Å². The second-order valence-corrected chi connectivity index (χ2v) is 5.47. The highest BCUT2D eigenvalue weighted by Gasteiger charge is 2.55. The molecule has 2 rings (SSSR count). The summed E-state index contributed by atoms with van der Waals surface area (Å²) in [6, 6.07) is 0. The van der Waals surface area contributed by atoms with E-state index in [1.807, 2.05) is 0 Å². The Morgan fingerprint density at radius 2 is 1.69 bits per heavy atom. The summed E-state index contributed by atoms with van der Waals surface area (Å²) >= 11 is 0. The van der Waals surface area contributed by atoms with Crippen molar-refractivity contribution < 1.29 is 28.5 Å². The van der Waals surface area contributed by atoms with Gasteiger partial charge >= 0.3 is 0 Å². The number of aliphatic hydroxyl groups is 3. The third-order valence-corrected chi connectivity index (χ3v) is 4.31. The molecule has 76 valence electrons. The summed E-state index contributed by atoms with van der Waals surface area (Å²) in [5.74, 6) is -0.340. The van der Waals surface area contributed by atoms with E-state index in [4.69, 9.17) is 4.74 Å². The quantitative estimate of drug-likeness (QED) is 0.399. The van der Waals surface area contributed by atoms with Crippen LogP contribution in [0.5, 0.6) is 0 Å². The minimum Gasteiger partial charge on any atom is -0.388 e. The first kappa shape index (κ1) is 9.35. The molecule has 2 fully saturated rings. The number of aliphatic hydroxyl groups excluding tert-OH is 3. The molecule has 0 saturated carbocycles. The monoisotopic (exact) mass is 210 g/mol. The zero-order valence-electron chi connectivity index (χ0n) is 6.57. The zero-order chi connectivity index (χ0) is 9.80. The lowest BCUT2D eigenvalue weighted by molar-refractivity contribution is -0.184. The highest BCUT2D eigenvalue weighted by atomic mass is 32.2. The average Bonchev–Trinajstić information content (AvgIpc) is 2.33. The third kappa shape index (κ3) is 1.19. The third-order valence-electron chi connectivity index (χ3n) is 2.42. The maximum atomic E-state index is 11.2. The topological polar surface area (TPSA) is 104 Å². The minimum absolute atomic E-state index is 0.340. The predicted molar refractivity (Wildman–Crippen MR) is 40.5 cm³/mol. The molecule has 0 aromatic carbocycles. The Morgan fingerprint density at radius 1 is 1.08 bits per heavy atom. The fourth-order valence-corrected chi connectivity index (χ4v) is 3.50. The molecule has 2 saturated heterocycles. The largest absolute Gasteiger partial charge is 0.388 e. The fraction of sp³-hybridized carbons (Fsp3) is 1.00. The lowest BCUT2D eigenvalue weighted by atomic mass is 10.0. The van der Waals surface area contributed by atoms with Gasteiger partial charge in [-0.05, 0) is 0 Å². The van der Waals surface area contributed by atoms with Gasteiger partial charge < -0.3 is 20.1 Å². The van der Waals surface area contributed by atoms with Gasteiger partial charge in [0.2, 0.25) is 0 Å². The fourth-order valence-electron chi connectivity index (χ4n) is 1.67. The van der Waals surface area contributed by atoms with Crippen molar-refractivity contribution in [2.24, 2.45) is 0 Å². The van der Waals surface area contributed by atoms with Gasteiger partial charge in [-0.15, -0.1) is 0 Å². The normalized spacial score (nSPS) is 53.6. The molecule has 0 aromatic heterocycles. The van der Waals surface area contributed by atoms with Crippen LogP contribution in [0, 0.1) is 0 Å². The van der Waals surface area contributed by atoms with Gasteiger partial charge in [-0.3, -0.25) is 0 Å². The van der Waals surface area contributed by atoms with E-state index >= 15 is 0 Å². The van der Waals surface area contributed by atoms with Crippen molar-refractivity contribution in [2.45, 2.75) is 29.9 Å². The molecule has 3 N–H and O–H groups in total. The number of ether oxygens (including phenoxy) is 1. The zero-order valence-corrected chi connectivity index (χ0v) is 7.38.